The largest absolute Gasteiger partial charge is 0.496 e. The summed E-state index contributed by atoms with van der Waals surface area (Å²) in [5.41, 5.74) is 1.26. The number of hydrogen-bond donors (Lipinski definition) is 3. The fraction of sp³-hybridized carbons (Fsp3) is 0.312. The molecule has 1 heterocycles. The third-order valence-corrected chi connectivity index (χ3v) is 3.31. The van der Waals surface area contributed by atoms with Gasteiger partial charge in [0.25, 0.3) is 0 Å². The van der Waals surface area contributed by atoms with Crippen molar-refractivity contribution in [3.05, 3.63) is 30.1 Å². The van der Waals surface area contributed by atoms with Crippen LogP contribution in [0.4, 0.5) is 13.2 Å². The van der Waals surface area contributed by atoms with Crippen molar-refractivity contribution < 1.29 is 47.6 Å². The number of rotatable bonds is 8. The molecule has 3 N–H and O–H groups in total. The molecule has 0 aliphatic carbocycles. The number of nitrogens with zero attached hydrogens (tertiary/aromatic N) is 5. The fourth-order valence-electron chi connectivity index (χ4n) is 2.13. The van der Waals surface area contributed by atoms with Crippen LogP contribution >= 0.6 is 0 Å². The lowest BCUT2D eigenvalue weighted by atomic mass is 10.1. The predicted octanol–water partition coefficient (Wildman–Crippen LogP) is 0.547. The zero-order chi connectivity index (χ0) is 23.6. The summed E-state index contributed by atoms with van der Waals surface area (Å²) in [6, 6.07) is 5.06. The summed E-state index contributed by atoms with van der Waals surface area (Å²) in [6.45, 7) is -0.687. The van der Waals surface area contributed by atoms with Crippen molar-refractivity contribution in [2.75, 3.05) is 20.2 Å². The lowest BCUT2D eigenvalue weighted by Gasteiger charge is -2.19. The van der Waals surface area contributed by atoms with E-state index in [4.69, 9.17) is 24.9 Å². The number of halogens is 3. The average Bonchev–Trinajstić information content (AvgIpc) is 2.67. The van der Waals surface area contributed by atoms with Gasteiger partial charge in [-0.3, -0.25) is 14.5 Å². The highest BCUT2D eigenvalue weighted by Crippen LogP contribution is 2.26. The molecule has 0 aliphatic rings. The van der Waals surface area contributed by atoms with Gasteiger partial charge in [-0.2, -0.15) is 13.2 Å². The number of hydrogen-bond acceptors (Lipinski definition) is 9. The summed E-state index contributed by atoms with van der Waals surface area (Å²) in [4.78, 5) is 31.9. The molecule has 2 aromatic rings. The molecule has 0 saturated carbocycles. The highest BCUT2D eigenvalue weighted by Gasteiger charge is 2.38. The molecule has 0 unspecified atom stereocenters. The second-order valence-electron chi connectivity index (χ2n) is 5.63. The Hall–Kier alpha value is -3.88. The van der Waals surface area contributed by atoms with E-state index in [9.17, 15) is 22.8 Å². The first-order valence-corrected chi connectivity index (χ1v) is 8.07. The third-order valence-electron chi connectivity index (χ3n) is 3.31. The summed E-state index contributed by atoms with van der Waals surface area (Å²) in [5, 5.41) is 39.9. The van der Waals surface area contributed by atoms with E-state index >= 15 is 0 Å². The molecule has 0 saturated heterocycles. The molecule has 1 aromatic carbocycles. The Bertz CT molecular complexity index is 896. The molecule has 0 spiro atoms. The number of alkyl halides is 3. The minimum Gasteiger partial charge on any atom is -0.496 e. The number of benzene rings is 1. The van der Waals surface area contributed by atoms with Crippen molar-refractivity contribution in [1.29, 1.82) is 0 Å². The topological polar surface area (TPSA) is 176 Å². The first-order valence-electron chi connectivity index (χ1n) is 8.07. The van der Waals surface area contributed by atoms with Crippen LogP contribution in [0.15, 0.2) is 24.5 Å². The maximum Gasteiger partial charge on any atom is 0.490 e. The molecule has 0 bridgehead atoms. The van der Waals surface area contributed by atoms with E-state index in [0.29, 0.717) is 22.7 Å². The van der Waals surface area contributed by atoms with Gasteiger partial charge in [-0.05, 0) is 6.07 Å². The van der Waals surface area contributed by atoms with E-state index in [0.717, 1.165) is 0 Å². The van der Waals surface area contributed by atoms with Gasteiger partial charge >= 0.3 is 24.1 Å². The number of ether oxygens (including phenoxy) is 1. The minimum atomic E-state index is -5.08. The zero-order valence-electron chi connectivity index (χ0n) is 15.8. The molecule has 15 heteroatoms. The Balaban J connectivity index is 0.000000592. The molecule has 168 valence electrons. The van der Waals surface area contributed by atoms with Gasteiger partial charge in [0.15, 0.2) is 6.33 Å². The first kappa shape index (κ1) is 25.2. The Morgan fingerprint density at radius 1 is 1.03 bits per heavy atom. The van der Waals surface area contributed by atoms with Gasteiger partial charge in [0.2, 0.25) is 5.82 Å². The average molecular weight is 447 g/mol. The highest BCUT2D eigenvalue weighted by atomic mass is 19.4. The van der Waals surface area contributed by atoms with Crippen molar-refractivity contribution >= 4 is 17.9 Å². The van der Waals surface area contributed by atoms with Crippen LogP contribution in [0, 0.1) is 0 Å². The molecule has 0 amide bonds. The number of carbonyl (C=O) groups is 3. The van der Waals surface area contributed by atoms with Gasteiger partial charge < -0.3 is 20.1 Å². The van der Waals surface area contributed by atoms with Crippen molar-refractivity contribution in [2.45, 2.75) is 12.7 Å². The van der Waals surface area contributed by atoms with Crippen molar-refractivity contribution in [3.63, 3.8) is 0 Å². The van der Waals surface area contributed by atoms with Crippen molar-refractivity contribution in [1.82, 2.24) is 25.3 Å². The predicted molar refractivity (Wildman–Crippen MR) is 93.8 cm³/mol. The molecule has 1 aromatic heterocycles. The zero-order valence-corrected chi connectivity index (χ0v) is 15.8. The highest BCUT2D eigenvalue weighted by molar-refractivity contribution is 5.73. The lowest BCUT2D eigenvalue weighted by Crippen LogP contribution is -2.34. The van der Waals surface area contributed by atoms with Gasteiger partial charge in [0, 0.05) is 17.7 Å². The number of carboxylic acids is 3. The maximum absolute atomic E-state index is 10.9. The molecule has 2 rings (SSSR count). The van der Waals surface area contributed by atoms with Crippen LogP contribution in [0.3, 0.4) is 0 Å². The second kappa shape index (κ2) is 11.3. The number of carboxylic acid groups (broad SMARTS) is 3. The van der Waals surface area contributed by atoms with Crippen LogP contribution in [0.1, 0.15) is 5.56 Å². The normalized spacial score (nSPS) is 10.7. The SMILES string of the molecule is COc1cc(-c2nncnn2)ccc1CN(CC(=O)O)CC(=O)O.O=C(O)C(F)(F)F. The van der Waals surface area contributed by atoms with Crippen LogP contribution in [-0.2, 0) is 20.9 Å². The van der Waals surface area contributed by atoms with Gasteiger partial charge in [-0.15, -0.1) is 20.4 Å². The molecule has 0 fully saturated rings. The first-order chi connectivity index (χ1) is 14.4. The van der Waals surface area contributed by atoms with E-state index in [1.54, 1.807) is 18.2 Å². The van der Waals surface area contributed by atoms with E-state index in [-0.39, 0.29) is 6.54 Å². The van der Waals surface area contributed by atoms with E-state index < -0.39 is 37.2 Å². The smallest absolute Gasteiger partial charge is 0.490 e. The van der Waals surface area contributed by atoms with Crippen LogP contribution in [-0.4, -0.2) is 84.9 Å². The van der Waals surface area contributed by atoms with Crippen LogP contribution in [0.25, 0.3) is 11.4 Å². The Kier molecular flexibility index (Phi) is 9.20. The maximum atomic E-state index is 10.9. The van der Waals surface area contributed by atoms with E-state index in [1.165, 1.54) is 18.3 Å². The molecular weight excluding hydrogens is 431 g/mol. The van der Waals surface area contributed by atoms with Gasteiger partial charge in [-0.1, -0.05) is 12.1 Å². The van der Waals surface area contributed by atoms with Gasteiger partial charge in [0.1, 0.15) is 5.75 Å². The van der Waals surface area contributed by atoms with Crippen molar-refractivity contribution in [3.8, 4) is 17.1 Å². The molecular formula is C16H16F3N5O7. The monoisotopic (exact) mass is 447 g/mol. The lowest BCUT2D eigenvalue weighted by molar-refractivity contribution is -0.192. The number of methoxy groups -OCH3 is 1. The summed E-state index contributed by atoms with van der Waals surface area (Å²) in [6.07, 6.45) is -3.87. The Morgan fingerprint density at radius 2 is 1.55 bits per heavy atom. The molecule has 31 heavy (non-hydrogen) atoms. The standard InChI is InChI=1S/C14H15N5O5.C2HF3O2/c1-24-11-4-9(14-17-15-8-16-18-14)2-3-10(11)5-19(6-12(20)21)7-13(22)23;3-2(4,5)1(6)7/h2-4,8H,5-7H2,1H3,(H,20,21)(H,22,23);(H,6,7). The van der Waals surface area contributed by atoms with Crippen LogP contribution in [0.2, 0.25) is 0 Å². The minimum absolute atomic E-state index is 0.105. The number of aliphatic carboxylic acids is 3. The molecule has 0 aliphatic heterocycles. The summed E-state index contributed by atoms with van der Waals surface area (Å²) in [7, 11) is 1.46. The summed E-state index contributed by atoms with van der Waals surface area (Å²) < 4.78 is 37.0. The Labute approximate surface area is 171 Å². The molecule has 12 nitrogen and oxygen atoms in total. The fourth-order valence-corrected chi connectivity index (χ4v) is 2.13. The molecule has 0 atom stereocenters. The van der Waals surface area contributed by atoms with E-state index in [2.05, 4.69) is 20.4 Å². The van der Waals surface area contributed by atoms with Crippen LogP contribution < -0.4 is 4.74 Å². The molecule has 0 radical (unpaired) electrons. The Morgan fingerprint density at radius 3 is 1.97 bits per heavy atom. The summed E-state index contributed by atoms with van der Waals surface area (Å²) >= 11 is 0. The summed E-state index contributed by atoms with van der Waals surface area (Å²) in [5.74, 6) is -4.20. The second-order valence-corrected chi connectivity index (χ2v) is 5.63. The number of aromatic nitrogens is 4. The van der Waals surface area contributed by atoms with E-state index in [1.807, 2.05) is 0 Å². The van der Waals surface area contributed by atoms with Crippen molar-refractivity contribution in [2.24, 2.45) is 0 Å². The quantitative estimate of drug-likeness (QED) is 0.513. The van der Waals surface area contributed by atoms with Crippen LogP contribution in [0.5, 0.6) is 5.75 Å². The van der Waals surface area contributed by atoms with Gasteiger partial charge in [0.05, 0.1) is 20.2 Å². The third kappa shape index (κ3) is 8.99. The van der Waals surface area contributed by atoms with Gasteiger partial charge in [-0.25, -0.2) is 4.79 Å².